The summed E-state index contributed by atoms with van der Waals surface area (Å²) in [6.07, 6.45) is 0.632. The molecule has 0 saturated carbocycles. The molecule has 0 unspecified atom stereocenters. The van der Waals surface area contributed by atoms with E-state index in [0.717, 1.165) is 16.7 Å². The molecule has 0 aliphatic carbocycles. The average molecular weight is 524 g/mol. The number of nitrogens with zero attached hydrogens (tertiary/aromatic N) is 5. The molecular weight excluding hydrogens is 512 g/mol. The summed E-state index contributed by atoms with van der Waals surface area (Å²) in [5.74, 6) is -10.2. The van der Waals surface area contributed by atoms with E-state index in [9.17, 15) is 47.4 Å². The Kier molecular flexibility index (Phi) is 5.98. The summed E-state index contributed by atoms with van der Waals surface area (Å²) >= 11 is 0. The van der Waals surface area contributed by atoms with Gasteiger partial charge in [-0.15, -0.1) is 0 Å². The maximum absolute atomic E-state index is 14.8. The Hall–Kier alpha value is -5.09. The van der Waals surface area contributed by atoms with Crippen molar-refractivity contribution in [1.29, 1.82) is 0 Å². The first-order valence-electron chi connectivity index (χ1n) is 10.0. The Morgan fingerprint density at radius 1 is 1.05 bits per heavy atom. The van der Waals surface area contributed by atoms with E-state index in [1.807, 2.05) is 0 Å². The van der Waals surface area contributed by atoms with Crippen molar-refractivity contribution >= 4 is 45.2 Å². The topological polar surface area (TPSA) is 164 Å². The van der Waals surface area contributed by atoms with Crippen LogP contribution in [0.15, 0.2) is 23.1 Å². The zero-order valence-electron chi connectivity index (χ0n) is 18.5. The number of anilines is 1. The third-order valence-electron chi connectivity index (χ3n) is 5.30. The third-order valence-corrected chi connectivity index (χ3v) is 5.30. The van der Waals surface area contributed by atoms with Gasteiger partial charge in [-0.1, -0.05) is 0 Å². The summed E-state index contributed by atoms with van der Waals surface area (Å²) in [5.41, 5.74) is -3.07. The molecule has 192 valence electrons. The molecule has 2 aromatic heterocycles. The highest BCUT2D eigenvalue weighted by Gasteiger charge is 2.30. The van der Waals surface area contributed by atoms with Gasteiger partial charge in [0, 0.05) is 19.3 Å². The lowest BCUT2D eigenvalue weighted by Crippen LogP contribution is -2.26. The van der Waals surface area contributed by atoms with E-state index in [-0.39, 0.29) is 23.6 Å². The van der Waals surface area contributed by atoms with Crippen LogP contribution in [0.2, 0.25) is 0 Å². The van der Waals surface area contributed by atoms with Crippen LogP contribution in [0.1, 0.15) is 17.3 Å². The van der Waals surface area contributed by atoms with Crippen LogP contribution in [0.5, 0.6) is 0 Å². The predicted octanol–water partition coefficient (Wildman–Crippen LogP) is 3.31. The lowest BCUT2D eigenvalue weighted by atomic mass is 10.1. The number of halogens is 4. The van der Waals surface area contributed by atoms with Gasteiger partial charge in [-0.2, -0.15) is 0 Å². The van der Waals surface area contributed by atoms with Crippen LogP contribution in [-0.4, -0.2) is 36.6 Å². The third kappa shape index (κ3) is 3.85. The summed E-state index contributed by atoms with van der Waals surface area (Å²) < 4.78 is 63.7. The zero-order valence-corrected chi connectivity index (χ0v) is 18.5. The minimum Gasteiger partial charge on any atom is -0.462 e. The number of benzene rings is 2. The molecule has 17 heteroatoms. The van der Waals surface area contributed by atoms with Crippen LogP contribution in [0, 0.1) is 43.5 Å². The minimum absolute atomic E-state index is 0.0281. The average Bonchev–Trinajstić information content (AvgIpc) is 3.15. The van der Waals surface area contributed by atoms with E-state index in [0.29, 0.717) is 10.9 Å². The normalized spacial score (nSPS) is 11.2. The molecule has 4 rings (SSSR count). The first kappa shape index (κ1) is 25.0. The molecule has 2 aromatic carbocycles. The number of nitrogens with one attached hydrogen (secondary N) is 1. The van der Waals surface area contributed by atoms with Crippen molar-refractivity contribution in [3.8, 4) is 0 Å². The Labute approximate surface area is 200 Å². The van der Waals surface area contributed by atoms with Gasteiger partial charge in [-0.25, -0.2) is 27.3 Å². The van der Waals surface area contributed by atoms with Crippen LogP contribution in [0.3, 0.4) is 0 Å². The SMILES string of the molecule is CCOC(=O)c1cn(Nc2nc3cc([N+](=O)[O-])c([N+](=O)[O-])cc3n2C)c2c(F)c(F)c(F)c(F)c2c1=O. The van der Waals surface area contributed by atoms with Crippen LogP contribution in [-0.2, 0) is 11.8 Å². The molecule has 0 spiro atoms. The molecule has 0 atom stereocenters. The first-order chi connectivity index (χ1) is 17.4. The molecular formula is C20H12F4N6O7. The first-order valence-corrected chi connectivity index (χ1v) is 10.0. The maximum Gasteiger partial charge on any atom is 0.348 e. The predicted molar refractivity (Wildman–Crippen MR) is 117 cm³/mol. The van der Waals surface area contributed by atoms with Crippen molar-refractivity contribution in [2.24, 2.45) is 7.05 Å². The van der Waals surface area contributed by atoms with Crippen LogP contribution < -0.4 is 10.9 Å². The highest BCUT2D eigenvalue weighted by Crippen LogP contribution is 2.33. The number of carbonyl (C=O) groups is 1. The van der Waals surface area contributed by atoms with Crippen molar-refractivity contribution in [3.05, 3.63) is 77.6 Å². The lowest BCUT2D eigenvalue weighted by Gasteiger charge is -2.16. The van der Waals surface area contributed by atoms with E-state index in [1.165, 1.54) is 14.0 Å². The van der Waals surface area contributed by atoms with Crippen LogP contribution in [0.25, 0.3) is 21.9 Å². The van der Waals surface area contributed by atoms with Crippen molar-refractivity contribution in [2.75, 3.05) is 12.0 Å². The molecule has 0 amide bonds. The summed E-state index contributed by atoms with van der Waals surface area (Å²) in [6, 6.07) is 1.63. The number of aromatic nitrogens is 3. The second-order valence-electron chi connectivity index (χ2n) is 7.39. The largest absolute Gasteiger partial charge is 0.462 e. The molecule has 0 aliphatic rings. The number of pyridine rings is 1. The second kappa shape index (κ2) is 8.85. The van der Waals surface area contributed by atoms with Crippen molar-refractivity contribution in [2.45, 2.75) is 6.92 Å². The number of nitro benzene ring substituents is 2. The molecule has 1 N–H and O–H groups in total. The van der Waals surface area contributed by atoms with Crippen LogP contribution in [0.4, 0.5) is 34.9 Å². The van der Waals surface area contributed by atoms with Crippen molar-refractivity contribution < 1.29 is 36.9 Å². The van der Waals surface area contributed by atoms with Gasteiger partial charge in [-0.05, 0) is 6.92 Å². The molecule has 0 fully saturated rings. The van der Waals surface area contributed by atoms with Gasteiger partial charge in [0.1, 0.15) is 11.1 Å². The van der Waals surface area contributed by atoms with Gasteiger partial charge in [0.2, 0.25) is 11.4 Å². The minimum atomic E-state index is -2.29. The Morgan fingerprint density at radius 3 is 2.24 bits per heavy atom. The van der Waals surface area contributed by atoms with Gasteiger partial charge >= 0.3 is 17.3 Å². The van der Waals surface area contributed by atoms with E-state index < -0.39 is 72.4 Å². The van der Waals surface area contributed by atoms with Gasteiger partial charge in [0.05, 0.1) is 38.9 Å². The lowest BCUT2D eigenvalue weighted by molar-refractivity contribution is -0.422. The van der Waals surface area contributed by atoms with Crippen LogP contribution >= 0.6 is 0 Å². The number of hydrogen-bond donors (Lipinski definition) is 1. The summed E-state index contributed by atoms with van der Waals surface area (Å²) in [5, 5.41) is 21.2. The summed E-state index contributed by atoms with van der Waals surface area (Å²) in [4.78, 5) is 49.5. The number of nitro groups is 2. The molecule has 13 nitrogen and oxygen atoms in total. The van der Waals surface area contributed by atoms with E-state index >= 15 is 0 Å². The fourth-order valence-corrected chi connectivity index (χ4v) is 3.60. The Morgan fingerprint density at radius 2 is 1.65 bits per heavy atom. The van der Waals surface area contributed by atoms with E-state index in [2.05, 4.69) is 10.4 Å². The van der Waals surface area contributed by atoms with Gasteiger partial charge < -0.3 is 9.30 Å². The van der Waals surface area contributed by atoms with E-state index in [4.69, 9.17) is 4.74 Å². The Bertz CT molecular complexity index is 1730. The molecule has 2 heterocycles. The highest BCUT2D eigenvalue weighted by molar-refractivity contribution is 5.94. The highest BCUT2D eigenvalue weighted by atomic mass is 19.2. The van der Waals surface area contributed by atoms with Gasteiger partial charge in [-0.3, -0.25) is 35.1 Å². The molecule has 0 saturated heterocycles. The second-order valence-corrected chi connectivity index (χ2v) is 7.39. The molecule has 0 bridgehead atoms. The number of esters is 1. The van der Waals surface area contributed by atoms with Gasteiger partial charge in [0.25, 0.3) is 0 Å². The monoisotopic (exact) mass is 524 g/mol. The Balaban J connectivity index is 2.03. The molecule has 4 aromatic rings. The number of ether oxygens (including phenoxy) is 1. The standard InChI is InChI=1S/C20H12F4N6O7/c1-3-37-19(32)7-6-28(17-12(18(7)31)13(21)14(22)15(23)16(17)24)26-20-25-8-4-10(29(33)34)11(30(35)36)5-9(8)27(20)2/h4-6H,3H2,1-2H3,(H,25,26). The van der Waals surface area contributed by atoms with E-state index in [1.54, 1.807) is 0 Å². The number of carbonyl (C=O) groups excluding carboxylic acids is 1. The maximum atomic E-state index is 14.8. The zero-order chi connectivity index (χ0) is 27.3. The van der Waals surface area contributed by atoms with Gasteiger partial charge in [0.15, 0.2) is 23.3 Å². The smallest absolute Gasteiger partial charge is 0.348 e. The molecule has 0 radical (unpaired) electrons. The van der Waals surface area contributed by atoms with Crippen molar-refractivity contribution in [3.63, 3.8) is 0 Å². The number of aryl methyl sites for hydroxylation is 1. The molecule has 37 heavy (non-hydrogen) atoms. The van der Waals surface area contributed by atoms with Crippen molar-refractivity contribution in [1.82, 2.24) is 14.2 Å². The fourth-order valence-electron chi connectivity index (χ4n) is 3.60. The summed E-state index contributed by atoms with van der Waals surface area (Å²) in [7, 11) is 1.28. The summed E-state index contributed by atoms with van der Waals surface area (Å²) in [6.45, 7) is 1.17. The number of fused-ring (bicyclic) bond motifs is 2. The quantitative estimate of drug-likeness (QED) is 0.0995. The fraction of sp³-hybridized carbons (Fsp3) is 0.150. The molecule has 0 aliphatic heterocycles. The number of hydrogen-bond acceptors (Lipinski definition) is 9. The number of rotatable bonds is 6. The number of imidazole rings is 1.